The molecular formula is C12H17N3O3. The minimum Gasteiger partial charge on any atom is -0.368 e. The summed E-state index contributed by atoms with van der Waals surface area (Å²) in [5, 5.41) is 13.6. The Bertz CT molecular complexity index is 446. The summed E-state index contributed by atoms with van der Waals surface area (Å²) in [6, 6.07) is 5.84. The highest BCUT2D eigenvalue weighted by atomic mass is 16.6. The first kappa shape index (κ1) is 14.1. The fourth-order valence-electron chi connectivity index (χ4n) is 1.67. The molecule has 0 aliphatic rings. The number of nitrogens with zero attached hydrogens (tertiary/aromatic N) is 1. The number of carbonyl (C=O) groups is 1. The quantitative estimate of drug-likeness (QED) is 0.586. The number of hydrogen-bond acceptors (Lipinski definition) is 4. The van der Waals surface area contributed by atoms with Gasteiger partial charge in [-0.05, 0) is 11.5 Å². The van der Waals surface area contributed by atoms with Crippen LogP contribution in [0.4, 0.5) is 5.69 Å². The molecule has 0 radical (unpaired) electrons. The van der Waals surface area contributed by atoms with Crippen LogP contribution >= 0.6 is 0 Å². The van der Waals surface area contributed by atoms with E-state index in [4.69, 9.17) is 5.73 Å². The number of nitrogens with two attached hydrogens (primary N) is 1. The predicted octanol–water partition coefficient (Wildman–Crippen LogP) is 1.19. The van der Waals surface area contributed by atoms with Crippen LogP contribution in [0.3, 0.4) is 0 Å². The molecule has 6 nitrogen and oxygen atoms in total. The lowest BCUT2D eigenvalue weighted by atomic mass is 10.0. The second-order valence-corrected chi connectivity index (χ2v) is 4.43. The maximum Gasteiger partial charge on any atom is 0.269 e. The molecule has 3 N–H and O–H groups in total. The highest BCUT2D eigenvalue weighted by molar-refractivity contribution is 5.80. The van der Waals surface area contributed by atoms with Crippen LogP contribution in [0.15, 0.2) is 24.3 Å². The molecule has 0 saturated heterocycles. The largest absolute Gasteiger partial charge is 0.368 e. The predicted molar refractivity (Wildman–Crippen MR) is 67.8 cm³/mol. The van der Waals surface area contributed by atoms with E-state index < -0.39 is 16.9 Å². The molecule has 0 saturated carbocycles. The van der Waals surface area contributed by atoms with Gasteiger partial charge in [-0.2, -0.15) is 0 Å². The molecule has 0 spiro atoms. The highest BCUT2D eigenvalue weighted by Crippen LogP contribution is 2.13. The molecule has 1 atom stereocenters. The molecule has 98 valence electrons. The van der Waals surface area contributed by atoms with Crippen LogP contribution in [0.2, 0.25) is 0 Å². The van der Waals surface area contributed by atoms with Crippen LogP contribution in [-0.4, -0.2) is 16.9 Å². The molecule has 0 fully saturated rings. The van der Waals surface area contributed by atoms with E-state index in [0.717, 1.165) is 5.56 Å². The third-order valence-electron chi connectivity index (χ3n) is 2.62. The molecule has 0 bridgehead atoms. The summed E-state index contributed by atoms with van der Waals surface area (Å²) in [6.45, 7) is 4.14. The lowest BCUT2D eigenvalue weighted by Crippen LogP contribution is -2.44. The first-order chi connectivity index (χ1) is 8.41. The van der Waals surface area contributed by atoms with Gasteiger partial charge in [0.15, 0.2) is 0 Å². The lowest BCUT2D eigenvalue weighted by Gasteiger charge is -2.18. The Labute approximate surface area is 105 Å². The average Bonchev–Trinajstić information content (AvgIpc) is 2.28. The molecule has 0 aliphatic heterocycles. The molecule has 0 aromatic heterocycles. The van der Waals surface area contributed by atoms with Crippen LogP contribution in [0, 0.1) is 16.0 Å². The summed E-state index contributed by atoms with van der Waals surface area (Å²) < 4.78 is 0. The Morgan fingerprint density at radius 1 is 1.50 bits per heavy atom. The zero-order valence-corrected chi connectivity index (χ0v) is 10.4. The van der Waals surface area contributed by atoms with E-state index in [-0.39, 0.29) is 11.6 Å². The Hall–Kier alpha value is -1.95. The normalized spacial score (nSPS) is 12.4. The second-order valence-electron chi connectivity index (χ2n) is 4.43. The zero-order valence-electron chi connectivity index (χ0n) is 10.4. The average molecular weight is 251 g/mol. The van der Waals surface area contributed by atoms with E-state index in [1.54, 1.807) is 12.1 Å². The Kier molecular flexibility index (Phi) is 4.79. The minimum atomic E-state index is -0.447. The molecule has 1 amide bonds. The highest BCUT2D eigenvalue weighted by Gasteiger charge is 2.18. The van der Waals surface area contributed by atoms with Crippen LogP contribution in [0.5, 0.6) is 0 Å². The van der Waals surface area contributed by atoms with Crippen molar-refractivity contribution in [2.75, 3.05) is 0 Å². The number of carbonyl (C=O) groups excluding carboxylic acids is 1. The number of hydrogen-bond donors (Lipinski definition) is 2. The van der Waals surface area contributed by atoms with Crippen molar-refractivity contribution in [2.24, 2.45) is 11.7 Å². The first-order valence-electron chi connectivity index (χ1n) is 5.68. The summed E-state index contributed by atoms with van der Waals surface area (Å²) in [5.74, 6) is -0.350. The number of amides is 1. The molecule has 0 heterocycles. The van der Waals surface area contributed by atoms with Gasteiger partial charge in [0.25, 0.3) is 5.69 Å². The van der Waals surface area contributed by atoms with Crippen molar-refractivity contribution in [2.45, 2.75) is 26.4 Å². The molecule has 1 rings (SSSR count). The lowest BCUT2D eigenvalue weighted by molar-refractivity contribution is -0.384. The summed E-state index contributed by atoms with van der Waals surface area (Å²) >= 11 is 0. The number of nitro groups is 1. The van der Waals surface area contributed by atoms with Crippen LogP contribution < -0.4 is 11.1 Å². The summed E-state index contributed by atoms with van der Waals surface area (Å²) in [6.07, 6.45) is 0. The molecule has 1 aromatic carbocycles. The SMILES string of the molecule is CC(C)C(NCc1cccc([N+](=O)[O-])c1)C(N)=O. The van der Waals surface area contributed by atoms with Gasteiger partial charge in [-0.3, -0.25) is 14.9 Å². The number of benzene rings is 1. The Morgan fingerprint density at radius 3 is 2.67 bits per heavy atom. The van der Waals surface area contributed by atoms with E-state index in [9.17, 15) is 14.9 Å². The molecule has 1 unspecified atom stereocenters. The van der Waals surface area contributed by atoms with Gasteiger partial charge in [0, 0.05) is 18.7 Å². The second kappa shape index (κ2) is 6.11. The van der Waals surface area contributed by atoms with E-state index in [0.29, 0.717) is 6.54 Å². The standard InChI is InChI=1S/C12H17N3O3/c1-8(2)11(12(13)16)14-7-9-4-3-5-10(6-9)15(17)18/h3-6,8,11,14H,7H2,1-2H3,(H2,13,16). The van der Waals surface area contributed by atoms with Crippen molar-refractivity contribution in [1.29, 1.82) is 0 Å². The smallest absolute Gasteiger partial charge is 0.269 e. The monoisotopic (exact) mass is 251 g/mol. The van der Waals surface area contributed by atoms with Gasteiger partial charge in [0.2, 0.25) is 5.91 Å². The van der Waals surface area contributed by atoms with Crippen LogP contribution in [0.25, 0.3) is 0 Å². The number of rotatable bonds is 6. The first-order valence-corrected chi connectivity index (χ1v) is 5.68. The number of non-ortho nitro benzene ring substituents is 1. The van der Waals surface area contributed by atoms with Crippen LogP contribution in [-0.2, 0) is 11.3 Å². The molecule has 6 heteroatoms. The topological polar surface area (TPSA) is 98.3 Å². The van der Waals surface area contributed by atoms with Gasteiger partial charge >= 0.3 is 0 Å². The van der Waals surface area contributed by atoms with Gasteiger partial charge < -0.3 is 11.1 Å². The number of nitro benzene ring substituents is 1. The third-order valence-corrected chi connectivity index (χ3v) is 2.62. The summed E-state index contributed by atoms with van der Waals surface area (Å²) in [7, 11) is 0. The zero-order chi connectivity index (χ0) is 13.7. The Balaban J connectivity index is 2.70. The van der Waals surface area contributed by atoms with Gasteiger partial charge in [0.1, 0.15) is 0 Å². The molecule has 0 aliphatic carbocycles. The maximum atomic E-state index is 11.2. The van der Waals surface area contributed by atoms with E-state index in [1.165, 1.54) is 12.1 Å². The molecular weight excluding hydrogens is 234 g/mol. The van der Waals surface area contributed by atoms with Crippen LogP contribution in [0.1, 0.15) is 19.4 Å². The van der Waals surface area contributed by atoms with Crippen molar-refractivity contribution in [3.63, 3.8) is 0 Å². The minimum absolute atomic E-state index is 0.0365. The number of primary amides is 1. The van der Waals surface area contributed by atoms with Gasteiger partial charge in [-0.15, -0.1) is 0 Å². The fourth-order valence-corrected chi connectivity index (χ4v) is 1.67. The molecule has 1 aromatic rings. The Morgan fingerprint density at radius 2 is 2.17 bits per heavy atom. The maximum absolute atomic E-state index is 11.2. The third kappa shape index (κ3) is 3.81. The molecule has 18 heavy (non-hydrogen) atoms. The van der Waals surface area contributed by atoms with Gasteiger partial charge in [0.05, 0.1) is 11.0 Å². The van der Waals surface area contributed by atoms with Crippen molar-refractivity contribution >= 4 is 11.6 Å². The number of nitrogens with one attached hydrogen (secondary N) is 1. The van der Waals surface area contributed by atoms with Crippen molar-refractivity contribution in [1.82, 2.24) is 5.32 Å². The fraction of sp³-hybridized carbons (Fsp3) is 0.417. The van der Waals surface area contributed by atoms with E-state index in [1.807, 2.05) is 13.8 Å². The van der Waals surface area contributed by atoms with Crippen molar-refractivity contribution < 1.29 is 9.72 Å². The van der Waals surface area contributed by atoms with Crippen molar-refractivity contribution in [3.8, 4) is 0 Å². The van der Waals surface area contributed by atoms with Gasteiger partial charge in [-0.25, -0.2) is 0 Å². The van der Waals surface area contributed by atoms with Gasteiger partial charge in [-0.1, -0.05) is 26.0 Å². The van der Waals surface area contributed by atoms with E-state index >= 15 is 0 Å². The van der Waals surface area contributed by atoms with E-state index in [2.05, 4.69) is 5.32 Å². The summed E-state index contributed by atoms with van der Waals surface area (Å²) in [5.41, 5.74) is 6.05. The summed E-state index contributed by atoms with van der Waals surface area (Å²) in [4.78, 5) is 21.4. The van der Waals surface area contributed by atoms with Crippen molar-refractivity contribution in [3.05, 3.63) is 39.9 Å².